The molecule has 0 aliphatic carbocycles. The third-order valence-electron chi connectivity index (χ3n) is 3.44. The first-order valence-electron chi connectivity index (χ1n) is 7.17. The highest BCUT2D eigenvalue weighted by atomic mass is 35.5. The second kappa shape index (κ2) is 8.00. The first kappa shape index (κ1) is 16.6. The molecular weight excluding hydrogens is 306 g/mol. The summed E-state index contributed by atoms with van der Waals surface area (Å²) < 4.78 is 5.39. The monoisotopic (exact) mass is 325 g/mol. The summed E-state index contributed by atoms with van der Waals surface area (Å²) in [5.74, 6) is 0.293. The molecule has 0 spiro atoms. The number of piperazine rings is 1. The third kappa shape index (κ3) is 4.89. The van der Waals surface area contributed by atoms with Crippen LogP contribution in [0.15, 0.2) is 24.3 Å². The number of hydrogen-bond acceptors (Lipinski definition) is 4. The predicted molar refractivity (Wildman–Crippen MR) is 84.0 cm³/mol. The van der Waals surface area contributed by atoms with Gasteiger partial charge in [0.1, 0.15) is 5.75 Å². The summed E-state index contributed by atoms with van der Waals surface area (Å²) in [5.41, 5.74) is 0. The molecule has 0 bridgehead atoms. The topological polar surface area (TPSA) is 61.9 Å². The molecule has 0 unspecified atom stereocenters. The summed E-state index contributed by atoms with van der Waals surface area (Å²) in [5, 5.41) is 3.79. The van der Waals surface area contributed by atoms with Crippen LogP contribution in [0, 0.1) is 0 Å². The number of rotatable bonds is 5. The first-order chi connectivity index (χ1) is 10.6. The second-order valence-electron chi connectivity index (χ2n) is 5.12. The van der Waals surface area contributed by atoms with Crippen molar-refractivity contribution in [2.24, 2.45) is 0 Å². The largest absolute Gasteiger partial charge is 0.484 e. The average Bonchev–Trinajstić information content (AvgIpc) is 2.54. The van der Waals surface area contributed by atoms with Gasteiger partial charge in [0.25, 0.3) is 5.91 Å². The molecule has 7 heteroatoms. The van der Waals surface area contributed by atoms with Crippen molar-refractivity contribution in [3.63, 3.8) is 0 Å². The predicted octanol–water partition coefficient (Wildman–Crippen LogP) is 0.609. The van der Waals surface area contributed by atoms with E-state index in [1.54, 1.807) is 36.2 Å². The number of hydrogen-bond donors (Lipinski definition) is 1. The number of nitrogens with zero attached hydrogens (tertiary/aromatic N) is 2. The molecule has 1 saturated heterocycles. The van der Waals surface area contributed by atoms with Crippen molar-refractivity contribution in [2.75, 3.05) is 46.4 Å². The van der Waals surface area contributed by atoms with Gasteiger partial charge in [-0.2, -0.15) is 0 Å². The molecule has 1 aliphatic heterocycles. The van der Waals surface area contributed by atoms with Crippen molar-refractivity contribution in [1.82, 2.24) is 15.1 Å². The van der Waals surface area contributed by atoms with Gasteiger partial charge in [-0.1, -0.05) is 11.6 Å². The minimum atomic E-state index is -0.238. The second-order valence-corrected chi connectivity index (χ2v) is 5.56. The van der Waals surface area contributed by atoms with Gasteiger partial charge in [-0.25, -0.2) is 0 Å². The number of amides is 2. The van der Waals surface area contributed by atoms with Crippen LogP contribution in [0.4, 0.5) is 0 Å². The fourth-order valence-electron chi connectivity index (χ4n) is 2.09. The van der Waals surface area contributed by atoms with E-state index < -0.39 is 0 Å². The van der Waals surface area contributed by atoms with E-state index in [2.05, 4.69) is 5.32 Å². The van der Waals surface area contributed by atoms with Crippen molar-refractivity contribution in [3.05, 3.63) is 29.3 Å². The van der Waals surface area contributed by atoms with Crippen molar-refractivity contribution >= 4 is 23.4 Å². The van der Waals surface area contributed by atoms with Crippen LogP contribution in [0.5, 0.6) is 5.75 Å². The Hall–Kier alpha value is -1.79. The maximum absolute atomic E-state index is 12.1. The van der Waals surface area contributed by atoms with Crippen LogP contribution in [0.2, 0.25) is 5.02 Å². The van der Waals surface area contributed by atoms with Crippen LogP contribution in [0.1, 0.15) is 0 Å². The van der Waals surface area contributed by atoms with Gasteiger partial charge in [0.05, 0.1) is 6.54 Å². The van der Waals surface area contributed by atoms with Gasteiger partial charge in [-0.15, -0.1) is 0 Å². The molecule has 1 heterocycles. The highest BCUT2D eigenvalue weighted by molar-refractivity contribution is 6.30. The average molecular weight is 326 g/mol. The maximum atomic E-state index is 12.1. The van der Waals surface area contributed by atoms with E-state index in [0.29, 0.717) is 23.9 Å². The van der Waals surface area contributed by atoms with E-state index in [9.17, 15) is 9.59 Å². The van der Waals surface area contributed by atoms with Gasteiger partial charge in [0.2, 0.25) is 5.91 Å². The molecule has 0 saturated carbocycles. The molecule has 1 fully saturated rings. The van der Waals surface area contributed by atoms with Gasteiger partial charge < -0.3 is 19.9 Å². The van der Waals surface area contributed by atoms with Gasteiger partial charge >= 0.3 is 0 Å². The van der Waals surface area contributed by atoms with E-state index in [0.717, 1.165) is 13.1 Å². The number of halogens is 1. The molecule has 6 nitrogen and oxygen atoms in total. The number of nitrogens with one attached hydrogen (secondary N) is 1. The molecular formula is C15H20ClN3O3. The summed E-state index contributed by atoms with van der Waals surface area (Å²) in [6.07, 6.45) is 0. The zero-order valence-corrected chi connectivity index (χ0v) is 13.3. The first-order valence-corrected chi connectivity index (χ1v) is 7.55. The van der Waals surface area contributed by atoms with Crippen molar-refractivity contribution < 1.29 is 14.3 Å². The molecule has 2 rings (SSSR count). The van der Waals surface area contributed by atoms with Gasteiger partial charge in [-0.05, 0) is 24.3 Å². The van der Waals surface area contributed by atoms with Crippen LogP contribution < -0.4 is 10.1 Å². The molecule has 2 amide bonds. The lowest BCUT2D eigenvalue weighted by molar-refractivity contribution is -0.140. The number of benzene rings is 1. The highest BCUT2D eigenvalue weighted by Crippen LogP contribution is 2.15. The SMILES string of the molecule is CN(CC(=O)N1CCNCC1)C(=O)COc1ccc(Cl)cc1. The Labute approximate surface area is 135 Å². The molecule has 120 valence electrons. The summed E-state index contributed by atoms with van der Waals surface area (Å²) in [7, 11) is 1.60. The Balaban J connectivity index is 1.76. The zero-order chi connectivity index (χ0) is 15.9. The lowest BCUT2D eigenvalue weighted by Crippen LogP contribution is -2.50. The molecule has 1 aromatic rings. The van der Waals surface area contributed by atoms with Gasteiger partial charge in [-0.3, -0.25) is 9.59 Å². The maximum Gasteiger partial charge on any atom is 0.260 e. The van der Waals surface area contributed by atoms with Gasteiger partial charge in [0.15, 0.2) is 6.61 Å². The Kier molecular flexibility index (Phi) is 6.03. The lowest BCUT2D eigenvalue weighted by atomic mass is 10.3. The third-order valence-corrected chi connectivity index (χ3v) is 3.70. The summed E-state index contributed by atoms with van der Waals surface area (Å²) in [6, 6.07) is 6.78. The van der Waals surface area contributed by atoms with Gasteiger partial charge in [0, 0.05) is 38.2 Å². The lowest BCUT2D eigenvalue weighted by Gasteiger charge is -2.29. The Morgan fingerprint density at radius 3 is 2.55 bits per heavy atom. The highest BCUT2D eigenvalue weighted by Gasteiger charge is 2.20. The van der Waals surface area contributed by atoms with E-state index >= 15 is 0 Å². The van der Waals surface area contributed by atoms with Crippen molar-refractivity contribution in [3.8, 4) is 5.75 Å². The van der Waals surface area contributed by atoms with E-state index in [4.69, 9.17) is 16.3 Å². The standard InChI is InChI=1S/C15H20ClN3O3/c1-18(10-14(20)19-8-6-17-7-9-19)15(21)11-22-13-4-2-12(16)3-5-13/h2-5,17H,6-11H2,1H3. The summed E-state index contributed by atoms with van der Waals surface area (Å²) >= 11 is 5.78. The van der Waals surface area contributed by atoms with Crippen molar-refractivity contribution in [1.29, 1.82) is 0 Å². The van der Waals surface area contributed by atoms with Crippen molar-refractivity contribution in [2.45, 2.75) is 0 Å². The van der Waals surface area contributed by atoms with E-state index in [-0.39, 0.29) is 25.0 Å². The van der Waals surface area contributed by atoms with Crippen LogP contribution in [-0.4, -0.2) is 68.0 Å². The molecule has 1 aromatic carbocycles. The van der Waals surface area contributed by atoms with E-state index in [1.807, 2.05) is 0 Å². The fraction of sp³-hybridized carbons (Fsp3) is 0.467. The Bertz CT molecular complexity index is 515. The van der Waals surface area contributed by atoms with Crippen LogP contribution in [-0.2, 0) is 9.59 Å². The minimum Gasteiger partial charge on any atom is -0.484 e. The van der Waals surface area contributed by atoms with Crippen LogP contribution in [0.25, 0.3) is 0 Å². The fourth-order valence-corrected chi connectivity index (χ4v) is 2.22. The quantitative estimate of drug-likeness (QED) is 0.861. The molecule has 22 heavy (non-hydrogen) atoms. The Morgan fingerprint density at radius 1 is 1.27 bits per heavy atom. The molecule has 0 atom stereocenters. The summed E-state index contributed by atoms with van der Waals surface area (Å²) in [4.78, 5) is 27.2. The molecule has 0 radical (unpaired) electrons. The molecule has 1 N–H and O–H groups in total. The van der Waals surface area contributed by atoms with E-state index in [1.165, 1.54) is 4.90 Å². The number of carbonyl (C=O) groups is 2. The minimum absolute atomic E-state index is 0.0381. The Morgan fingerprint density at radius 2 is 1.91 bits per heavy atom. The van der Waals surface area contributed by atoms with Crippen LogP contribution in [0.3, 0.4) is 0 Å². The molecule has 0 aromatic heterocycles. The number of carbonyl (C=O) groups excluding carboxylic acids is 2. The number of likely N-dealkylation sites (N-methyl/N-ethyl adjacent to an activating group) is 1. The van der Waals surface area contributed by atoms with Crippen LogP contribution >= 0.6 is 11.6 Å². The normalized spacial score (nSPS) is 14.5. The number of ether oxygens (including phenoxy) is 1. The summed E-state index contributed by atoms with van der Waals surface area (Å²) in [6.45, 7) is 2.92. The smallest absolute Gasteiger partial charge is 0.260 e. The molecule has 1 aliphatic rings. The zero-order valence-electron chi connectivity index (χ0n) is 12.5.